The highest BCUT2D eigenvalue weighted by Gasteiger charge is 2.32. The lowest BCUT2D eigenvalue weighted by Gasteiger charge is -2.23. The average Bonchev–Trinajstić information content (AvgIpc) is 3.48. The van der Waals surface area contributed by atoms with E-state index in [0.717, 1.165) is 24.0 Å². The van der Waals surface area contributed by atoms with Gasteiger partial charge in [0.15, 0.2) is 10.4 Å². The summed E-state index contributed by atoms with van der Waals surface area (Å²) < 4.78 is 5.77. The van der Waals surface area contributed by atoms with E-state index >= 15 is 0 Å². The maximum absolute atomic E-state index is 13.0. The number of aryl methyl sites for hydroxylation is 1. The van der Waals surface area contributed by atoms with E-state index in [1.165, 1.54) is 5.56 Å². The first-order chi connectivity index (χ1) is 14.5. The lowest BCUT2D eigenvalue weighted by atomic mass is 10.1. The Balaban J connectivity index is 1.37. The average molecular weight is 467 g/mol. The van der Waals surface area contributed by atoms with Gasteiger partial charge in [0, 0.05) is 18.3 Å². The molecule has 1 heterocycles. The molecule has 0 saturated heterocycles. The molecule has 0 spiro atoms. The molecule has 1 fully saturated rings. The summed E-state index contributed by atoms with van der Waals surface area (Å²) in [6, 6.07) is 19.3. The van der Waals surface area contributed by atoms with Gasteiger partial charge in [-0.3, -0.25) is 9.59 Å². The van der Waals surface area contributed by atoms with Crippen molar-refractivity contribution in [1.82, 2.24) is 4.90 Å². The molecule has 5 nitrogen and oxygen atoms in total. The van der Waals surface area contributed by atoms with Crippen LogP contribution in [0.1, 0.15) is 40.1 Å². The summed E-state index contributed by atoms with van der Waals surface area (Å²) in [5.74, 6) is 0.0511. The second-order valence-electron chi connectivity index (χ2n) is 7.67. The van der Waals surface area contributed by atoms with Crippen LogP contribution in [0.25, 0.3) is 0 Å². The summed E-state index contributed by atoms with van der Waals surface area (Å²) in [7, 11) is 0. The van der Waals surface area contributed by atoms with Crippen molar-refractivity contribution >= 4 is 33.4 Å². The van der Waals surface area contributed by atoms with Crippen molar-refractivity contribution < 1.29 is 14.0 Å². The summed E-state index contributed by atoms with van der Waals surface area (Å²) in [5.41, 5.74) is 3.95. The van der Waals surface area contributed by atoms with Crippen molar-refractivity contribution in [2.75, 3.05) is 5.32 Å². The predicted molar refractivity (Wildman–Crippen MR) is 119 cm³/mol. The van der Waals surface area contributed by atoms with E-state index < -0.39 is 0 Å². The summed E-state index contributed by atoms with van der Waals surface area (Å²) in [6.07, 6.45) is 2.50. The first-order valence-corrected chi connectivity index (χ1v) is 10.8. The lowest BCUT2D eigenvalue weighted by Crippen LogP contribution is -2.33. The van der Waals surface area contributed by atoms with Gasteiger partial charge >= 0.3 is 0 Å². The Morgan fingerprint density at radius 1 is 1.00 bits per heavy atom. The molecule has 2 aromatic carbocycles. The fourth-order valence-corrected chi connectivity index (χ4v) is 3.61. The Morgan fingerprint density at radius 3 is 2.27 bits per heavy atom. The van der Waals surface area contributed by atoms with E-state index in [0.29, 0.717) is 29.4 Å². The molecule has 1 N–H and O–H groups in total. The Morgan fingerprint density at radius 2 is 1.67 bits per heavy atom. The number of amides is 2. The van der Waals surface area contributed by atoms with Crippen molar-refractivity contribution in [2.45, 2.75) is 38.8 Å². The first-order valence-electron chi connectivity index (χ1n) is 9.98. The molecule has 30 heavy (non-hydrogen) atoms. The molecule has 0 bridgehead atoms. The maximum atomic E-state index is 13.0. The third-order valence-corrected chi connectivity index (χ3v) is 5.57. The molecule has 1 aromatic heterocycles. The minimum absolute atomic E-state index is 0.135. The molecular formula is C24H23BrN2O3. The lowest BCUT2D eigenvalue weighted by molar-refractivity contribution is -0.131. The van der Waals surface area contributed by atoms with Gasteiger partial charge in [0.2, 0.25) is 5.91 Å². The van der Waals surface area contributed by atoms with Gasteiger partial charge in [-0.2, -0.15) is 0 Å². The number of carbonyl (C=O) groups is 2. The second-order valence-corrected chi connectivity index (χ2v) is 8.45. The van der Waals surface area contributed by atoms with Crippen molar-refractivity contribution in [3.8, 4) is 0 Å². The van der Waals surface area contributed by atoms with Gasteiger partial charge in [0.05, 0.1) is 6.42 Å². The third kappa shape index (κ3) is 5.19. The van der Waals surface area contributed by atoms with E-state index in [1.807, 2.05) is 17.0 Å². The van der Waals surface area contributed by atoms with Crippen LogP contribution >= 0.6 is 15.9 Å². The fourth-order valence-electron chi connectivity index (χ4n) is 3.31. The first kappa shape index (κ1) is 20.4. The third-order valence-electron chi connectivity index (χ3n) is 5.15. The number of carbonyl (C=O) groups excluding carboxylic acids is 2. The van der Waals surface area contributed by atoms with Gasteiger partial charge in [-0.05, 0) is 71.1 Å². The largest absolute Gasteiger partial charge is 0.444 e. The Hall–Kier alpha value is -2.86. The summed E-state index contributed by atoms with van der Waals surface area (Å²) in [6.45, 7) is 2.71. The number of furan rings is 1. The highest BCUT2D eigenvalue weighted by atomic mass is 79.9. The number of halogens is 1. The summed E-state index contributed by atoms with van der Waals surface area (Å²) in [5, 5.41) is 2.79. The predicted octanol–water partition coefficient (Wildman–Crippen LogP) is 5.34. The molecule has 0 unspecified atom stereocenters. The van der Waals surface area contributed by atoms with Crippen LogP contribution in [0.3, 0.4) is 0 Å². The van der Waals surface area contributed by atoms with E-state index in [1.54, 1.807) is 24.3 Å². The number of rotatable bonds is 7. The SMILES string of the molecule is Cc1ccc(CN(C(=O)Cc2ccc(NC(=O)c3ccc(Br)o3)cc2)C2CC2)cc1. The van der Waals surface area contributed by atoms with Crippen molar-refractivity contribution in [3.63, 3.8) is 0 Å². The molecule has 1 aliphatic carbocycles. The molecule has 1 saturated carbocycles. The molecule has 4 rings (SSSR count). The normalized spacial score (nSPS) is 13.1. The zero-order chi connectivity index (χ0) is 21.1. The van der Waals surface area contributed by atoms with Gasteiger partial charge in [-0.25, -0.2) is 0 Å². The monoisotopic (exact) mass is 466 g/mol. The summed E-state index contributed by atoms with van der Waals surface area (Å²) in [4.78, 5) is 27.1. The van der Waals surface area contributed by atoms with Crippen LogP contribution in [0.5, 0.6) is 0 Å². The van der Waals surface area contributed by atoms with Crippen LogP contribution in [-0.2, 0) is 17.8 Å². The molecule has 154 valence electrons. The zero-order valence-electron chi connectivity index (χ0n) is 16.7. The molecular weight excluding hydrogens is 444 g/mol. The van der Waals surface area contributed by atoms with Gasteiger partial charge < -0.3 is 14.6 Å². The molecule has 1 aliphatic rings. The molecule has 0 radical (unpaired) electrons. The highest BCUT2D eigenvalue weighted by molar-refractivity contribution is 9.10. The van der Waals surface area contributed by atoms with Crippen LogP contribution in [-0.4, -0.2) is 22.8 Å². The molecule has 3 aromatic rings. The maximum Gasteiger partial charge on any atom is 0.291 e. The number of hydrogen-bond donors (Lipinski definition) is 1. The standard InChI is InChI=1S/C24H23BrN2O3/c1-16-2-4-18(5-3-16)15-27(20-10-11-20)23(28)14-17-6-8-19(9-7-17)26-24(29)21-12-13-22(25)30-21/h2-9,12-13,20H,10-11,14-15H2,1H3,(H,26,29). The summed E-state index contributed by atoms with van der Waals surface area (Å²) >= 11 is 3.19. The van der Waals surface area contributed by atoms with Crippen LogP contribution in [0.15, 0.2) is 69.8 Å². The van der Waals surface area contributed by atoms with E-state index in [4.69, 9.17) is 4.42 Å². The van der Waals surface area contributed by atoms with Gasteiger partial charge in [-0.15, -0.1) is 0 Å². The van der Waals surface area contributed by atoms with Gasteiger partial charge in [-0.1, -0.05) is 42.0 Å². The quantitative estimate of drug-likeness (QED) is 0.511. The van der Waals surface area contributed by atoms with E-state index in [2.05, 4.69) is 52.4 Å². The Kier molecular flexibility index (Phi) is 6.04. The minimum atomic E-state index is -0.317. The van der Waals surface area contributed by atoms with Crippen LogP contribution in [0.4, 0.5) is 5.69 Å². The Bertz CT molecular complexity index is 1040. The molecule has 2 amide bonds. The van der Waals surface area contributed by atoms with E-state index in [-0.39, 0.29) is 17.6 Å². The smallest absolute Gasteiger partial charge is 0.291 e. The van der Waals surface area contributed by atoms with Crippen molar-refractivity contribution in [2.24, 2.45) is 0 Å². The van der Waals surface area contributed by atoms with Crippen molar-refractivity contribution in [3.05, 3.63) is 87.8 Å². The van der Waals surface area contributed by atoms with E-state index in [9.17, 15) is 9.59 Å². The van der Waals surface area contributed by atoms with Crippen molar-refractivity contribution in [1.29, 1.82) is 0 Å². The number of nitrogens with one attached hydrogen (secondary N) is 1. The fraction of sp³-hybridized carbons (Fsp3) is 0.250. The topological polar surface area (TPSA) is 62.6 Å². The van der Waals surface area contributed by atoms with Gasteiger partial charge in [0.25, 0.3) is 5.91 Å². The number of anilines is 1. The minimum Gasteiger partial charge on any atom is -0.444 e. The van der Waals surface area contributed by atoms with Crippen LogP contribution < -0.4 is 5.32 Å². The molecule has 6 heteroatoms. The number of nitrogens with zero attached hydrogens (tertiary/aromatic N) is 1. The van der Waals surface area contributed by atoms with Crippen LogP contribution in [0.2, 0.25) is 0 Å². The zero-order valence-corrected chi connectivity index (χ0v) is 18.3. The van der Waals surface area contributed by atoms with Gasteiger partial charge in [0.1, 0.15) is 0 Å². The highest BCUT2D eigenvalue weighted by Crippen LogP contribution is 2.29. The number of benzene rings is 2. The molecule has 0 aliphatic heterocycles. The Labute approximate surface area is 184 Å². The molecule has 0 atom stereocenters. The second kappa shape index (κ2) is 8.88. The van der Waals surface area contributed by atoms with Crippen LogP contribution in [0, 0.1) is 6.92 Å². The number of hydrogen-bond acceptors (Lipinski definition) is 3.